The summed E-state index contributed by atoms with van der Waals surface area (Å²) in [5.74, 6) is 1.33. The molecule has 0 amide bonds. The number of rotatable bonds is 5. The molecule has 0 saturated heterocycles. The highest BCUT2D eigenvalue weighted by Gasteiger charge is 2.09. The van der Waals surface area contributed by atoms with Gasteiger partial charge in [0.2, 0.25) is 0 Å². The van der Waals surface area contributed by atoms with Crippen LogP contribution in [0.25, 0.3) is 0 Å². The summed E-state index contributed by atoms with van der Waals surface area (Å²) < 4.78 is 0. The summed E-state index contributed by atoms with van der Waals surface area (Å²) in [4.78, 5) is 0. The monoisotopic (exact) mass is 205 g/mol. The largest absolute Gasteiger partial charge is 0.319 e. The van der Waals surface area contributed by atoms with Crippen LogP contribution >= 0.6 is 0 Å². The van der Waals surface area contributed by atoms with Gasteiger partial charge in [-0.25, -0.2) is 0 Å². The molecular formula is C14H23N. The van der Waals surface area contributed by atoms with Crippen LogP contribution in [0.15, 0.2) is 24.3 Å². The molecule has 1 atom stereocenters. The highest BCUT2D eigenvalue weighted by Crippen LogP contribution is 2.21. The van der Waals surface area contributed by atoms with Crippen molar-refractivity contribution >= 4 is 0 Å². The van der Waals surface area contributed by atoms with Crippen LogP contribution in [-0.2, 0) is 6.42 Å². The fourth-order valence-electron chi connectivity index (χ4n) is 2.06. The molecule has 0 aliphatic carbocycles. The molecule has 84 valence electrons. The molecular weight excluding hydrogens is 182 g/mol. The molecule has 1 aromatic rings. The predicted molar refractivity (Wildman–Crippen MR) is 67.3 cm³/mol. The Hall–Kier alpha value is -0.820. The summed E-state index contributed by atoms with van der Waals surface area (Å²) in [6.45, 7) is 7.89. The maximum atomic E-state index is 3.25. The first-order valence-electron chi connectivity index (χ1n) is 5.87. The Morgan fingerprint density at radius 1 is 1.13 bits per heavy atom. The predicted octanol–water partition coefficient (Wildman–Crippen LogP) is 3.21. The van der Waals surface area contributed by atoms with Crippen LogP contribution in [-0.4, -0.2) is 13.6 Å². The van der Waals surface area contributed by atoms with Crippen LogP contribution < -0.4 is 5.32 Å². The van der Waals surface area contributed by atoms with Gasteiger partial charge in [-0.3, -0.25) is 0 Å². The molecule has 0 radical (unpaired) electrons. The van der Waals surface area contributed by atoms with Gasteiger partial charge in [0.1, 0.15) is 0 Å². The van der Waals surface area contributed by atoms with Crippen molar-refractivity contribution in [1.82, 2.24) is 5.32 Å². The standard InChI is InChI=1S/C14H23N/c1-11(2)9-13-7-5-6-8-14(13)12(3)10-15-4/h5-8,11-12,15H,9-10H2,1-4H3. The van der Waals surface area contributed by atoms with Crippen molar-refractivity contribution < 1.29 is 0 Å². The minimum absolute atomic E-state index is 0.602. The Morgan fingerprint density at radius 2 is 1.80 bits per heavy atom. The van der Waals surface area contributed by atoms with Crippen molar-refractivity contribution in [2.24, 2.45) is 5.92 Å². The van der Waals surface area contributed by atoms with Crippen LogP contribution in [0.4, 0.5) is 0 Å². The summed E-state index contributed by atoms with van der Waals surface area (Å²) in [5, 5.41) is 3.25. The second-order valence-corrected chi connectivity index (χ2v) is 4.76. The summed E-state index contributed by atoms with van der Waals surface area (Å²) in [6.07, 6.45) is 1.18. The topological polar surface area (TPSA) is 12.0 Å². The van der Waals surface area contributed by atoms with E-state index >= 15 is 0 Å². The zero-order valence-electron chi connectivity index (χ0n) is 10.4. The third-order valence-corrected chi connectivity index (χ3v) is 2.72. The van der Waals surface area contributed by atoms with Crippen LogP contribution in [0.5, 0.6) is 0 Å². The van der Waals surface area contributed by atoms with E-state index in [4.69, 9.17) is 0 Å². The van der Waals surface area contributed by atoms with Gasteiger partial charge in [-0.15, -0.1) is 0 Å². The van der Waals surface area contributed by atoms with Crippen molar-refractivity contribution in [3.63, 3.8) is 0 Å². The van der Waals surface area contributed by atoms with E-state index in [0.29, 0.717) is 5.92 Å². The summed E-state index contributed by atoms with van der Waals surface area (Å²) in [5.41, 5.74) is 3.01. The fourth-order valence-corrected chi connectivity index (χ4v) is 2.06. The van der Waals surface area contributed by atoms with Crippen molar-refractivity contribution in [2.45, 2.75) is 33.1 Å². The molecule has 0 bridgehead atoms. The van der Waals surface area contributed by atoms with E-state index in [9.17, 15) is 0 Å². The van der Waals surface area contributed by atoms with Crippen LogP contribution in [0.2, 0.25) is 0 Å². The number of benzene rings is 1. The lowest BCUT2D eigenvalue weighted by molar-refractivity contribution is 0.623. The van der Waals surface area contributed by atoms with E-state index in [1.54, 1.807) is 0 Å². The first kappa shape index (κ1) is 12.3. The molecule has 0 spiro atoms. The molecule has 0 aliphatic heterocycles. The van der Waals surface area contributed by atoms with Gasteiger partial charge in [0.15, 0.2) is 0 Å². The second-order valence-electron chi connectivity index (χ2n) is 4.76. The maximum Gasteiger partial charge on any atom is 0.00145 e. The van der Waals surface area contributed by atoms with E-state index in [1.165, 1.54) is 17.5 Å². The third-order valence-electron chi connectivity index (χ3n) is 2.72. The Morgan fingerprint density at radius 3 is 2.40 bits per heavy atom. The lowest BCUT2D eigenvalue weighted by Gasteiger charge is -2.17. The van der Waals surface area contributed by atoms with Crippen molar-refractivity contribution in [3.8, 4) is 0 Å². The third kappa shape index (κ3) is 3.67. The van der Waals surface area contributed by atoms with Gasteiger partial charge in [-0.1, -0.05) is 45.0 Å². The van der Waals surface area contributed by atoms with E-state index in [-0.39, 0.29) is 0 Å². The Balaban J connectivity index is 2.85. The van der Waals surface area contributed by atoms with Gasteiger partial charge in [0.25, 0.3) is 0 Å². The fraction of sp³-hybridized carbons (Fsp3) is 0.571. The SMILES string of the molecule is CNCC(C)c1ccccc1CC(C)C. The molecule has 1 unspecified atom stereocenters. The maximum absolute atomic E-state index is 3.25. The molecule has 1 N–H and O–H groups in total. The van der Waals surface area contributed by atoms with Crippen LogP contribution in [0, 0.1) is 5.92 Å². The normalized spacial score (nSPS) is 13.1. The second kappa shape index (κ2) is 5.92. The number of hydrogen-bond acceptors (Lipinski definition) is 1. The molecule has 0 saturated carbocycles. The lowest BCUT2D eigenvalue weighted by Crippen LogP contribution is -2.16. The quantitative estimate of drug-likeness (QED) is 0.778. The number of likely N-dealkylation sites (N-methyl/N-ethyl adjacent to an activating group) is 1. The zero-order chi connectivity index (χ0) is 11.3. The van der Waals surface area contributed by atoms with Gasteiger partial charge in [0, 0.05) is 6.54 Å². The molecule has 0 aliphatic rings. The summed E-state index contributed by atoms with van der Waals surface area (Å²) in [6, 6.07) is 8.82. The van der Waals surface area contributed by atoms with E-state index in [1.807, 2.05) is 7.05 Å². The Bertz CT molecular complexity index is 291. The molecule has 1 nitrogen and oxygen atoms in total. The van der Waals surface area contributed by atoms with E-state index in [2.05, 4.69) is 50.4 Å². The number of nitrogens with one attached hydrogen (secondary N) is 1. The Labute approximate surface area is 93.9 Å². The average molecular weight is 205 g/mol. The lowest BCUT2D eigenvalue weighted by atomic mass is 9.91. The first-order valence-corrected chi connectivity index (χ1v) is 5.87. The summed E-state index contributed by atoms with van der Waals surface area (Å²) >= 11 is 0. The van der Waals surface area contributed by atoms with Crippen molar-refractivity contribution in [3.05, 3.63) is 35.4 Å². The molecule has 1 heteroatoms. The minimum Gasteiger partial charge on any atom is -0.319 e. The van der Waals surface area contributed by atoms with Gasteiger partial charge >= 0.3 is 0 Å². The number of hydrogen-bond donors (Lipinski definition) is 1. The van der Waals surface area contributed by atoms with Gasteiger partial charge in [0.05, 0.1) is 0 Å². The summed E-state index contributed by atoms with van der Waals surface area (Å²) in [7, 11) is 2.02. The van der Waals surface area contributed by atoms with Crippen molar-refractivity contribution in [2.75, 3.05) is 13.6 Å². The smallest absolute Gasteiger partial charge is 0.00145 e. The van der Waals surface area contributed by atoms with Crippen molar-refractivity contribution in [1.29, 1.82) is 0 Å². The van der Waals surface area contributed by atoms with Gasteiger partial charge in [-0.2, -0.15) is 0 Å². The highest BCUT2D eigenvalue weighted by molar-refractivity contribution is 5.30. The molecule has 0 heterocycles. The molecule has 1 aromatic carbocycles. The Kier molecular flexibility index (Phi) is 4.83. The zero-order valence-corrected chi connectivity index (χ0v) is 10.4. The van der Waals surface area contributed by atoms with E-state index < -0.39 is 0 Å². The van der Waals surface area contributed by atoms with Crippen LogP contribution in [0.3, 0.4) is 0 Å². The minimum atomic E-state index is 0.602. The van der Waals surface area contributed by atoms with Crippen LogP contribution in [0.1, 0.15) is 37.8 Å². The highest BCUT2D eigenvalue weighted by atomic mass is 14.8. The molecule has 0 fully saturated rings. The molecule has 0 aromatic heterocycles. The average Bonchev–Trinajstić information content (AvgIpc) is 2.18. The first-order chi connectivity index (χ1) is 7.15. The molecule has 15 heavy (non-hydrogen) atoms. The van der Waals surface area contributed by atoms with Gasteiger partial charge in [-0.05, 0) is 36.4 Å². The van der Waals surface area contributed by atoms with E-state index in [0.717, 1.165) is 12.5 Å². The molecule has 1 rings (SSSR count). The van der Waals surface area contributed by atoms with Gasteiger partial charge < -0.3 is 5.32 Å².